The van der Waals surface area contributed by atoms with Gasteiger partial charge < -0.3 is 10.6 Å². The van der Waals surface area contributed by atoms with E-state index in [1.54, 1.807) is 0 Å². The average molecular weight is 389 g/mol. The fraction of sp³-hybridized carbons (Fsp3) is 0.562. The molecule has 1 aromatic carbocycles. The number of aliphatic imine (C=N–C) groups is 1. The van der Waals surface area contributed by atoms with Crippen molar-refractivity contribution in [2.24, 2.45) is 16.6 Å². The van der Waals surface area contributed by atoms with Crippen LogP contribution in [-0.2, 0) is 0 Å². The van der Waals surface area contributed by atoms with Crippen LogP contribution in [-0.4, -0.2) is 30.5 Å². The minimum absolute atomic E-state index is 0. The van der Waals surface area contributed by atoms with Crippen molar-refractivity contribution in [1.29, 1.82) is 0 Å². The molecular weight excluding hydrogens is 361 g/mol. The molecule has 0 aliphatic heterocycles. The first-order chi connectivity index (χ1) is 9.10. The number of benzene rings is 1. The normalized spacial score (nSPS) is 12.9. The summed E-state index contributed by atoms with van der Waals surface area (Å²) in [5.41, 5.74) is 7.38. The number of nitrogens with two attached hydrogens (primary N) is 1. The van der Waals surface area contributed by atoms with Gasteiger partial charge in [-0.3, -0.25) is 4.99 Å². The van der Waals surface area contributed by atoms with E-state index in [0.29, 0.717) is 17.8 Å². The van der Waals surface area contributed by atoms with E-state index >= 15 is 0 Å². The Kier molecular flexibility index (Phi) is 9.63. The first kappa shape index (κ1) is 19.2. The van der Waals surface area contributed by atoms with Crippen LogP contribution >= 0.6 is 24.0 Å². The van der Waals surface area contributed by atoms with Crippen molar-refractivity contribution in [1.82, 2.24) is 4.90 Å². The number of hydrogen-bond donors (Lipinski definition) is 1. The van der Waals surface area contributed by atoms with E-state index in [1.807, 2.05) is 0 Å². The molecular formula is C16H28IN3. The molecule has 0 amide bonds. The van der Waals surface area contributed by atoms with Crippen molar-refractivity contribution >= 4 is 29.9 Å². The molecule has 2 N–H and O–H groups in total. The van der Waals surface area contributed by atoms with Crippen molar-refractivity contribution in [2.75, 3.05) is 19.6 Å². The molecule has 114 valence electrons. The van der Waals surface area contributed by atoms with Gasteiger partial charge in [0.05, 0.1) is 0 Å². The van der Waals surface area contributed by atoms with E-state index in [4.69, 9.17) is 5.73 Å². The van der Waals surface area contributed by atoms with Gasteiger partial charge in [-0.25, -0.2) is 0 Å². The largest absolute Gasteiger partial charge is 0.370 e. The van der Waals surface area contributed by atoms with Gasteiger partial charge in [-0.2, -0.15) is 0 Å². The van der Waals surface area contributed by atoms with E-state index in [9.17, 15) is 0 Å². The van der Waals surface area contributed by atoms with Crippen molar-refractivity contribution in [3.8, 4) is 0 Å². The quantitative estimate of drug-likeness (QED) is 0.458. The van der Waals surface area contributed by atoms with Crippen LogP contribution in [0.2, 0.25) is 0 Å². The first-order valence-electron chi connectivity index (χ1n) is 7.19. The van der Waals surface area contributed by atoms with Crippen LogP contribution in [0.1, 0.15) is 39.2 Å². The Morgan fingerprint density at radius 1 is 1.15 bits per heavy atom. The molecule has 0 radical (unpaired) electrons. The Hall–Kier alpha value is -0.780. The van der Waals surface area contributed by atoms with Crippen LogP contribution in [0.15, 0.2) is 35.3 Å². The summed E-state index contributed by atoms with van der Waals surface area (Å²) in [6.45, 7) is 11.2. The second-order valence-corrected chi connectivity index (χ2v) is 5.13. The van der Waals surface area contributed by atoms with E-state index in [2.05, 4.69) is 67.9 Å². The average Bonchev–Trinajstić information content (AvgIpc) is 2.41. The molecule has 0 saturated heterocycles. The third kappa shape index (κ3) is 5.69. The summed E-state index contributed by atoms with van der Waals surface area (Å²) in [5.74, 6) is 1.64. The van der Waals surface area contributed by atoms with Gasteiger partial charge in [0.15, 0.2) is 5.96 Å². The maximum absolute atomic E-state index is 6.04. The summed E-state index contributed by atoms with van der Waals surface area (Å²) in [5, 5.41) is 0. The zero-order valence-corrected chi connectivity index (χ0v) is 15.4. The highest BCUT2D eigenvalue weighted by atomic mass is 127. The van der Waals surface area contributed by atoms with Crippen LogP contribution in [0.4, 0.5) is 0 Å². The van der Waals surface area contributed by atoms with Crippen molar-refractivity contribution in [3.63, 3.8) is 0 Å². The van der Waals surface area contributed by atoms with Gasteiger partial charge in [0, 0.05) is 25.6 Å². The number of nitrogens with zero attached hydrogens (tertiary/aromatic N) is 2. The van der Waals surface area contributed by atoms with Gasteiger partial charge in [-0.1, -0.05) is 44.2 Å². The highest BCUT2D eigenvalue weighted by molar-refractivity contribution is 14.0. The second kappa shape index (κ2) is 10.0. The zero-order valence-electron chi connectivity index (χ0n) is 13.0. The maximum Gasteiger partial charge on any atom is 0.191 e. The smallest absolute Gasteiger partial charge is 0.191 e. The SMILES string of the molecule is CCN(CC)C(N)=NCC(c1ccccc1)C(C)C.I. The molecule has 0 aliphatic carbocycles. The highest BCUT2D eigenvalue weighted by Crippen LogP contribution is 2.24. The predicted octanol–water partition coefficient (Wildman–Crippen LogP) is 3.70. The Balaban J connectivity index is 0.00000361. The molecule has 0 aromatic heterocycles. The molecule has 1 rings (SSSR count). The summed E-state index contributed by atoms with van der Waals surface area (Å²) >= 11 is 0. The Bertz CT molecular complexity index is 386. The van der Waals surface area contributed by atoms with Crippen LogP contribution in [0.5, 0.6) is 0 Å². The highest BCUT2D eigenvalue weighted by Gasteiger charge is 2.15. The molecule has 0 aliphatic rings. The molecule has 0 heterocycles. The molecule has 0 fully saturated rings. The minimum atomic E-state index is 0. The van der Waals surface area contributed by atoms with Gasteiger partial charge in [-0.15, -0.1) is 24.0 Å². The van der Waals surface area contributed by atoms with Gasteiger partial charge in [0.2, 0.25) is 0 Å². The zero-order chi connectivity index (χ0) is 14.3. The standard InChI is InChI=1S/C16H27N3.HI/c1-5-19(6-2)16(17)18-12-15(13(3)4)14-10-8-7-9-11-14;/h7-11,13,15H,5-6,12H2,1-4H3,(H2,17,18);1H. The summed E-state index contributed by atoms with van der Waals surface area (Å²) < 4.78 is 0. The third-order valence-electron chi connectivity index (χ3n) is 3.57. The van der Waals surface area contributed by atoms with E-state index in [-0.39, 0.29) is 24.0 Å². The van der Waals surface area contributed by atoms with Gasteiger partial charge in [-0.05, 0) is 25.3 Å². The predicted molar refractivity (Wildman–Crippen MR) is 98.8 cm³/mol. The van der Waals surface area contributed by atoms with Crippen LogP contribution in [0.25, 0.3) is 0 Å². The Morgan fingerprint density at radius 2 is 1.70 bits per heavy atom. The summed E-state index contributed by atoms with van der Waals surface area (Å²) in [7, 11) is 0. The van der Waals surface area contributed by atoms with Crippen LogP contribution < -0.4 is 5.73 Å². The molecule has 0 saturated carbocycles. The fourth-order valence-corrected chi connectivity index (χ4v) is 2.24. The molecule has 1 unspecified atom stereocenters. The molecule has 4 heteroatoms. The Morgan fingerprint density at radius 3 is 2.15 bits per heavy atom. The number of rotatable bonds is 6. The van der Waals surface area contributed by atoms with Crippen LogP contribution in [0.3, 0.4) is 0 Å². The van der Waals surface area contributed by atoms with Crippen molar-refractivity contribution < 1.29 is 0 Å². The molecule has 0 bridgehead atoms. The van der Waals surface area contributed by atoms with Crippen molar-refractivity contribution in [3.05, 3.63) is 35.9 Å². The Labute approximate surface area is 140 Å². The van der Waals surface area contributed by atoms with Gasteiger partial charge in [0.1, 0.15) is 0 Å². The minimum Gasteiger partial charge on any atom is -0.370 e. The summed E-state index contributed by atoms with van der Waals surface area (Å²) in [6, 6.07) is 10.6. The lowest BCUT2D eigenvalue weighted by Crippen LogP contribution is -2.37. The number of halogens is 1. The molecule has 3 nitrogen and oxygen atoms in total. The van der Waals surface area contributed by atoms with Crippen LogP contribution in [0, 0.1) is 5.92 Å². The molecule has 1 atom stereocenters. The lowest BCUT2D eigenvalue weighted by molar-refractivity contribution is 0.451. The van der Waals surface area contributed by atoms with Crippen molar-refractivity contribution in [2.45, 2.75) is 33.6 Å². The van der Waals surface area contributed by atoms with E-state index < -0.39 is 0 Å². The fourth-order valence-electron chi connectivity index (χ4n) is 2.24. The first-order valence-corrected chi connectivity index (χ1v) is 7.19. The monoisotopic (exact) mass is 389 g/mol. The summed E-state index contributed by atoms with van der Waals surface area (Å²) in [6.07, 6.45) is 0. The number of guanidine groups is 1. The molecule has 20 heavy (non-hydrogen) atoms. The second-order valence-electron chi connectivity index (χ2n) is 5.13. The molecule has 1 aromatic rings. The van der Waals surface area contributed by atoms with E-state index in [0.717, 1.165) is 19.6 Å². The lowest BCUT2D eigenvalue weighted by Gasteiger charge is -2.23. The molecule has 0 spiro atoms. The maximum atomic E-state index is 6.04. The summed E-state index contributed by atoms with van der Waals surface area (Å²) in [4.78, 5) is 6.67. The third-order valence-corrected chi connectivity index (χ3v) is 3.57. The van der Waals surface area contributed by atoms with E-state index in [1.165, 1.54) is 5.56 Å². The van der Waals surface area contributed by atoms with Gasteiger partial charge in [0.25, 0.3) is 0 Å². The topological polar surface area (TPSA) is 41.6 Å². The lowest BCUT2D eigenvalue weighted by atomic mass is 9.88. The van der Waals surface area contributed by atoms with Gasteiger partial charge >= 0.3 is 0 Å². The number of hydrogen-bond acceptors (Lipinski definition) is 1.